The Labute approximate surface area is 150 Å². The number of benzene rings is 1. The molecule has 0 radical (unpaired) electrons. The standard InChI is InChI=1S/C18H22BrNO2S/c1-18(2,3)22-17(21)15(11-13-7-5-4-6-8-13)20-12-16-14(19)9-10-23-16/h4-10,15,20H,11-12H2,1-3H3/t15-/m0/s1. The Morgan fingerprint density at radius 1 is 1.26 bits per heavy atom. The highest BCUT2D eigenvalue weighted by molar-refractivity contribution is 9.10. The van der Waals surface area contributed by atoms with Crippen molar-refractivity contribution in [1.82, 2.24) is 5.32 Å². The number of thiophene rings is 1. The molecule has 0 bridgehead atoms. The van der Waals surface area contributed by atoms with Gasteiger partial charge in [-0.05, 0) is 60.1 Å². The molecule has 2 aromatic rings. The first-order valence-electron chi connectivity index (χ1n) is 7.57. The number of ether oxygens (including phenoxy) is 1. The minimum absolute atomic E-state index is 0.214. The quantitative estimate of drug-likeness (QED) is 0.728. The molecule has 0 spiro atoms. The second kappa shape index (κ2) is 8.08. The van der Waals surface area contributed by atoms with Crippen LogP contribution in [0.1, 0.15) is 31.2 Å². The first kappa shape index (κ1) is 18.2. The maximum absolute atomic E-state index is 12.5. The molecule has 1 aromatic carbocycles. The van der Waals surface area contributed by atoms with E-state index in [9.17, 15) is 4.79 Å². The van der Waals surface area contributed by atoms with Gasteiger partial charge in [0.25, 0.3) is 0 Å². The molecule has 124 valence electrons. The number of hydrogen-bond donors (Lipinski definition) is 1. The number of halogens is 1. The van der Waals surface area contributed by atoms with E-state index in [1.54, 1.807) is 11.3 Å². The summed E-state index contributed by atoms with van der Waals surface area (Å²) in [6, 6.07) is 11.6. The maximum Gasteiger partial charge on any atom is 0.324 e. The summed E-state index contributed by atoms with van der Waals surface area (Å²) in [5.74, 6) is -0.214. The molecule has 0 unspecified atom stereocenters. The van der Waals surface area contributed by atoms with Gasteiger partial charge < -0.3 is 4.74 Å². The second-order valence-corrected chi connectivity index (χ2v) is 8.20. The van der Waals surface area contributed by atoms with Crippen molar-refractivity contribution >= 4 is 33.2 Å². The zero-order valence-corrected chi connectivity index (χ0v) is 16.0. The molecule has 23 heavy (non-hydrogen) atoms. The van der Waals surface area contributed by atoms with Crippen molar-refractivity contribution in [3.8, 4) is 0 Å². The topological polar surface area (TPSA) is 38.3 Å². The van der Waals surface area contributed by atoms with Gasteiger partial charge in [-0.15, -0.1) is 11.3 Å². The summed E-state index contributed by atoms with van der Waals surface area (Å²) >= 11 is 5.18. The molecule has 0 fully saturated rings. The highest BCUT2D eigenvalue weighted by atomic mass is 79.9. The van der Waals surface area contributed by atoms with Gasteiger partial charge in [0.2, 0.25) is 0 Å². The van der Waals surface area contributed by atoms with E-state index >= 15 is 0 Å². The van der Waals surface area contributed by atoms with Gasteiger partial charge in [0.1, 0.15) is 11.6 Å². The molecule has 0 aliphatic rings. The third-order valence-corrected chi connectivity index (χ3v) is 5.10. The van der Waals surface area contributed by atoms with E-state index in [4.69, 9.17) is 4.74 Å². The lowest BCUT2D eigenvalue weighted by atomic mass is 10.1. The largest absolute Gasteiger partial charge is 0.459 e. The fourth-order valence-electron chi connectivity index (χ4n) is 2.13. The molecule has 2 rings (SSSR count). The lowest BCUT2D eigenvalue weighted by Crippen LogP contribution is -2.42. The maximum atomic E-state index is 12.5. The monoisotopic (exact) mass is 395 g/mol. The van der Waals surface area contributed by atoms with E-state index in [0.717, 1.165) is 10.0 Å². The van der Waals surface area contributed by atoms with Crippen LogP contribution in [0.3, 0.4) is 0 Å². The summed E-state index contributed by atoms with van der Waals surface area (Å²) in [7, 11) is 0. The van der Waals surface area contributed by atoms with Crippen molar-refractivity contribution < 1.29 is 9.53 Å². The van der Waals surface area contributed by atoms with Crippen molar-refractivity contribution in [1.29, 1.82) is 0 Å². The fourth-order valence-corrected chi connectivity index (χ4v) is 3.57. The molecule has 1 aromatic heterocycles. The molecule has 0 saturated carbocycles. The third kappa shape index (κ3) is 6.09. The number of rotatable bonds is 6. The highest BCUT2D eigenvalue weighted by Gasteiger charge is 2.25. The van der Waals surface area contributed by atoms with Crippen molar-refractivity contribution in [3.05, 3.63) is 56.7 Å². The normalized spacial score (nSPS) is 12.9. The van der Waals surface area contributed by atoms with Crippen LogP contribution < -0.4 is 5.32 Å². The summed E-state index contributed by atoms with van der Waals surface area (Å²) in [6.45, 7) is 6.30. The van der Waals surface area contributed by atoms with Crippen LogP contribution in [0.25, 0.3) is 0 Å². The number of nitrogens with one attached hydrogen (secondary N) is 1. The Morgan fingerprint density at radius 2 is 1.96 bits per heavy atom. The lowest BCUT2D eigenvalue weighted by molar-refractivity contribution is -0.157. The Morgan fingerprint density at radius 3 is 2.52 bits per heavy atom. The van der Waals surface area contributed by atoms with Gasteiger partial charge in [0, 0.05) is 15.9 Å². The van der Waals surface area contributed by atoms with E-state index < -0.39 is 5.60 Å². The number of carbonyl (C=O) groups excluding carboxylic acids is 1. The SMILES string of the molecule is CC(C)(C)OC(=O)[C@H](Cc1ccccc1)NCc1sccc1Br. The molecule has 5 heteroatoms. The van der Waals surface area contributed by atoms with Crippen LogP contribution >= 0.6 is 27.3 Å². The first-order chi connectivity index (χ1) is 10.8. The summed E-state index contributed by atoms with van der Waals surface area (Å²) in [6.07, 6.45) is 0.610. The smallest absolute Gasteiger partial charge is 0.324 e. The van der Waals surface area contributed by atoms with E-state index in [1.807, 2.05) is 62.5 Å². The Hall–Kier alpha value is -1.17. The number of hydrogen-bond acceptors (Lipinski definition) is 4. The van der Waals surface area contributed by atoms with Crippen LogP contribution in [0.2, 0.25) is 0 Å². The molecule has 1 heterocycles. The van der Waals surface area contributed by atoms with Gasteiger partial charge in [0.05, 0.1) is 0 Å². The van der Waals surface area contributed by atoms with Crippen LogP contribution in [0.5, 0.6) is 0 Å². The molecule has 0 aliphatic carbocycles. The highest BCUT2D eigenvalue weighted by Crippen LogP contribution is 2.22. The predicted molar refractivity (Wildman–Crippen MR) is 98.6 cm³/mol. The summed E-state index contributed by atoms with van der Waals surface area (Å²) < 4.78 is 6.63. The molecular weight excluding hydrogens is 374 g/mol. The number of esters is 1. The van der Waals surface area contributed by atoms with E-state index in [2.05, 4.69) is 21.2 Å². The average molecular weight is 396 g/mol. The zero-order valence-electron chi connectivity index (χ0n) is 13.6. The molecular formula is C18H22BrNO2S. The van der Waals surface area contributed by atoms with Gasteiger partial charge >= 0.3 is 5.97 Å². The van der Waals surface area contributed by atoms with Gasteiger partial charge in [-0.3, -0.25) is 10.1 Å². The van der Waals surface area contributed by atoms with Crippen molar-refractivity contribution in [2.45, 2.75) is 45.4 Å². The number of carbonyl (C=O) groups is 1. The fraction of sp³-hybridized carbons (Fsp3) is 0.389. The van der Waals surface area contributed by atoms with Crippen LogP contribution in [-0.2, 0) is 22.5 Å². The van der Waals surface area contributed by atoms with Gasteiger partial charge in [-0.1, -0.05) is 30.3 Å². The summed E-state index contributed by atoms with van der Waals surface area (Å²) in [4.78, 5) is 13.7. The Kier molecular flexibility index (Phi) is 6.39. The average Bonchev–Trinajstić information content (AvgIpc) is 2.88. The van der Waals surface area contributed by atoms with Crippen LogP contribution in [0.4, 0.5) is 0 Å². The minimum atomic E-state index is -0.489. The molecule has 1 N–H and O–H groups in total. The van der Waals surface area contributed by atoms with E-state index in [-0.39, 0.29) is 12.0 Å². The van der Waals surface area contributed by atoms with Crippen LogP contribution in [0, 0.1) is 0 Å². The van der Waals surface area contributed by atoms with Crippen molar-refractivity contribution in [3.63, 3.8) is 0 Å². The van der Waals surface area contributed by atoms with E-state index in [0.29, 0.717) is 13.0 Å². The summed E-state index contributed by atoms with van der Waals surface area (Å²) in [5.41, 5.74) is 0.623. The molecule has 1 atom stereocenters. The Bertz CT molecular complexity index is 634. The molecule has 3 nitrogen and oxygen atoms in total. The second-order valence-electron chi connectivity index (χ2n) is 6.35. The molecule has 0 saturated heterocycles. The predicted octanol–water partition coefficient (Wildman–Crippen LogP) is 4.55. The first-order valence-corrected chi connectivity index (χ1v) is 9.24. The Balaban J connectivity index is 2.07. The zero-order chi connectivity index (χ0) is 16.9. The van der Waals surface area contributed by atoms with Crippen LogP contribution in [0.15, 0.2) is 46.3 Å². The van der Waals surface area contributed by atoms with Crippen molar-refractivity contribution in [2.24, 2.45) is 0 Å². The van der Waals surface area contributed by atoms with Gasteiger partial charge in [-0.2, -0.15) is 0 Å². The minimum Gasteiger partial charge on any atom is -0.459 e. The van der Waals surface area contributed by atoms with Crippen LogP contribution in [-0.4, -0.2) is 17.6 Å². The molecule has 0 amide bonds. The summed E-state index contributed by atoms with van der Waals surface area (Å²) in [5, 5.41) is 5.37. The third-order valence-electron chi connectivity index (χ3n) is 3.17. The van der Waals surface area contributed by atoms with Crippen molar-refractivity contribution in [2.75, 3.05) is 0 Å². The van der Waals surface area contributed by atoms with E-state index in [1.165, 1.54) is 4.88 Å². The van der Waals surface area contributed by atoms with Gasteiger partial charge in [0.15, 0.2) is 0 Å². The van der Waals surface area contributed by atoms with Gasteiger partial charge in [-0.25, -0.2) is 0 Å². The lowest BCUT2D eigenvalue weighted by Gasteiger charge is -2.24. The molecule has 0 aliphatic heterocycles.